The minimum Gasteiger partial charge on any atom is -0.425 e. The van der Waals surface area contributed by atoms with Gasteiger partial charge in [-0.2, -0.15) is 0 Å². The second-order valence-corrected chi connectivity index (χ2v) is 8.47. The Hall–Kier alpha value is -2.22. The molecule has 0 aliphatic carbocycles. The number of esters is 1. The maximum Gasteiger partial charge on any atom is 0.342 e. The molecule has 2 aromatic carbocycles. The zero-order valence-electron chi connectivity index (χ0n) is 13.8. The van der Waals surface area contributed by atoms with Gasteiger partial charge in [0.1, 0.15) is 5.82 Å². The van der Waals surface area contributed by atoms with Gasteiger partial charge in [-0.15, -0.1) is 0 Å². The van der Waals surface area contributed by atoms with Crippen LogP contribution in [0.1, 0.15) is 18.1 Å². The first kappa shape index (κ1) is 18.6. The average Bonchev–Trinajstić information content (AvgIpc) is 2.78. The van der Waals surface area contributed by atoms with E-state index in [2.05, 4.69) is 0 Å². The van der Waals surface area contributed by atoms with E-state index in [0.29, 0.717) is 5.56 Å². The lowest BCUT2D eigenvalue weighted by molar-refractivity contribution is -0.169. The van der Waals surface area contributed by atoms with Crippen LogP contribution in [0.5, 0.6) is 0 Å². The van der Waals surface area contributed by atoms with Crippen molar-refractivity contribution in [2.45, 2.75) is 17.6 Å². The van der Waals surface area contributed by atoms with Gasteiger partial charge >= 0.3 is 5.97 Å². The highest BCUT2D eigenvalue weighted by atomic mass is 35.5. The normalized spacial score (nSPS) is 20.4. The highest BCUT2D eigenvalue weighted by Crippen LogP contribution is 2.43. The van der Waals surface area contributed by atoms with Crippen molar-refractivity contribution >= 4 is 38.6 Å². The van der Waals surface area contributed by atoms with E-state index >= 15 is 0 Å². The Bertz CT molecular complexity index is 1040. The predicted octanol–water partition coefficient (Wildman–Crippen LogP) is 3.06. The first-order valence-electron chi connectivity index (χ1n) is 7.47. The Labute approximate surface area is 154 Å². The van der Waals surface area contributed by atoms with Crippen molar-refractivity contribution in [3.8, 4) is 0 Å². The van der Waals surface area contributed by atoms with Gasteiger partial charge in [0.15, 0.2) is 9.84 Å². The second kappa shape index (κ2) is 6.19. The molecule has 0 bridgehead atoms. The molecule has 0 aromatic heterocycles. The van der Waals surface area contributed by atoms with Crippen LogP contribution in [-0.2, 0) is 19.4 Å². The van der Waals surface area contributed by atoms with Crippen LogP contribution in [0, 0.1) is 5.82 Å². The Kier molecular flexibility index (Phi) is 4.42. The van der Waals surface area contributed by atoms with Crippen molar-refractivity contribution < 1.29 is 27.4 Å². The molecule has 0 amide bonds. The second-order valence-electron chi connectivity index (χ2n) is 6.05. The van der Waals surface area contributed by atoms with Crippen LogP contribution in [0.3, 0.4) is 0 Å². The van der Waals surface area contributed by atoms with Crippen LogP contribution in [-0.4, -0.2) is 31.5 Å². The van der Waals surface area contributed by atoms with Crippen molar-refractivity contribution in [3.05, 3.63) is 64.4 Å². The summed E-state index contributed by atoms with van der Waals surface area (Å²) in [7, 11) is -3.39. The number of sulfone groups is 1. The number of hydrogen-bond acceptors (Lipinski definition) is 5. The summed E-state index contributed by atoms with van der Waals surface area (Å²) in [5, 5.41) is 10.4. The summed E-state index contributed by atoms with van der Waals surface area (Å²) in [6, 6.07) is 9.39. The van der Waals surface area contributed by atoms with E-state index in [9.17, 15) is 22.7 Å². The fourth-order valence-electron chi connectivity index (χ4n) is 2.81. The van der Waals surface area contributed by atoms with Crippen LogP contribution in [0.2, 0.25) is 5.02 Å². The molecule has 1 heterocycles. The predicted molar refractivity (Wildman–Crippen MR) is 94.5 cm³/mol. The van der Waals surface area contributed by atoms with Gasteiger partial charge in [0.2, 0.25) is 5.79 Å². The van der Waals surface area contributed by atoms with Crippen molar-refractivity contribution in [1.29, 1.82) is 0 Å². The molecule has 1 N–H and O–H groups in total. The Morgan fingerprint density at radius 1 is 1.12 bits per heavy atom. The molecule has 0 radical (unpaired) electrons. The third-order valence-electron chi connectivity index (χ3n) is 3.99. The number of rotatable bonds is 3. The molecule has 0 saturated carbocycles. The van der Waals surface area contributed by atoms with Crippen LogP contribution in [0.25, 0.3) is 11.1 Å². The Balaban J connectivity index is 2.23. The van der Waals surface area contributed by atoms with Gasteiger partial charge < -0.3 is 9.84 Å². The summed E-state index contributed by atoms with van der Waals surface area (Å²) in [6.07, 6.45) is 1.07. The fraction of sp³-hybridized carbons (Fsp3) is 0.167. The smallest absolute Gasteiger partial charge is 0.342 e. The molecule has 3 rings (SSSR count). The summed E-state index contributed by atoms with van der Waals surface area (Å²) in [4.78, 5) is 12.4. The standard InChI is InChI=1S/C18H14ClFO5S/c1-18(22)16(10-3-6-12(7-4-10)26(2,23)24)15(17(21)25-18)11-5-8-14(20)13(19)9-11/h3-9,22H,1-2H3. The molecule has 1 atom stereocenters. The molecular weight excluding hydrogens is 383 g/mol. The number of ether oxygens (including phenoxy) is 1. The molecular formula is C18H14ClFO5S. The zero-order valence-corrected chi connectivity index (χ0v) is 15.4. The quantitative estimate of drug-likeness (QED) is 0.806. The van der Waals surface area contributed by atoms with E-state index in [4.69, 9.17) is 16.3 Å². The summed E-state index contributed by atoms with van der Waals surface area (Å²) in [5.41, 5.74) is 0.847. The van der Waals surface area contributed by atoms with Crippen LogP contribution in [0.4, 0.5) is 4.39 Å². The summed E-state index contributed by atoms with van der Waals surface area (Å²) in [5.74, 6) is -3.37. The monoisotopic (exact) mass is 396 g/mol. The third-order valence-corrected chi connectivity index (χ3v) is 5.41. The number of aliphatic hydroxyl groups is 1. The van der Waals surface area contributed by atoms with Gasteiger partial charge in [0, 0.05) is 18.8 Å². The first-order chi connectivity index (χ1) is 12.0. The number of carbonyl (C=O) groups excluding carboxylic acids is 1. The Morgan fingerprint density at radius 2 is 1.69 bits per heavy atom. The maximum atomic E-state index is 13.4. The van der Waals surface area contributed by atoms with E-state index in [1.807, 2.05) is 0 Å². The van der Waals surface area contributed by atoms with E-state index in [1.165, 1.54) is 43.3 Å². The van der Waals surface area contributed by atoms with Gasteiger partial charge in [-0.1, -0.05) is 29.8 Å². The summed E-state index contributed by atoms with van der Waals surface area (Å²) in [6.45, 7) is 1.29. The highest BCUT2D eigenvalue weighted by molar-refractivity contribution is 7.90. The van der Waals surface area contributed by atoms with Crippen molar-refractivity contribution in [2.24, 2.45) is 0 Å². The van der Waals surface area contributed by atoms with Crippen LogP contribution < -0.4 is 0 Å². The molecule has 2 aromatic rings. The fourth-order valence-corrected chi connectivity index (χ4v) is 3.62. The number of halogens is 2. The van der Waals surface area contributed by atoms with Crippen molar-refractivity contribution in [1.82, 2.24) is 0 Å². The number of cyclic esters (lactones) is 1. The maximum absolute atomic E-state index is 13.4. The molecule has 26 heavy (non-hydrogen) atoms. The first-order valence-corrected chi connectivity index (χ1v) is 9.74. The average molecular weight is 397 g/mol. The lowest BCUT2D eigenvalue weighted by atomic mass is 9.92. The topological polar surface area (TPSA) is 80.7 Å². The molecule has 8 heteroatoms. The summed E-state index contributed by atoms with van der Waals surface area (Å²) >= 11 is 5.80. The summed E-state index contributed by atoms with van der Waals surface area (Å²) < 4.78 is 41.7. The molecule has 5 nitrogen and oxygen atoms in total. The zero-order chi connectivity index (χ0) is 19.3. The molecule has 0 fully saturated rings. The lowest BCUT2D eigenvalue weighted by Crippen LogP contribution is -2.26. The van der Waals surface area contributed by atoms with Crippen LogP contribution >= 0.6 is 11.6 Å². The molecule has 1 aliphatic heterocycles. The minimum atomic E-state index is -3.39. The molecule has 1 aliphatic rings. The van der Waals surface area contributed by atoms with E-state index in [1.54, 1.807) is 0 Å². The van der Waals surface area contributed by atoms with Gasteiger partial charge in [0.25, 0.3) is 0 Å². The largest absolute Gasteiger partial charge is 0.425 e. The number of carbonyl (C=O) groups is 1. The third kappa shape index (κ3) is 3.25. The van der Waals surface area contributed by atoms with E-state index in [-0.39, 0.29) is 26.6 Å². The SMILES string of the molecule is CC1(O)OC(=O)C(c2ccc(F)c(Cl)c2)=C1c1ccc(S(C)(=O)=O)cc1. The van der Waals surface area contributed by atoms with Gasteiger partial charge in [-0.25, -0.2) is 17.6 Å². The molecule has 1 unspecified atom stereocenters. The van der Waals surface area contributed by atoms with Gasteiger partial charge in [-0.05, 0) is 35.4 Å². The van der Waals surface area contributed by atoms with E-state index in [0.717, 1.165) is 12.3 Å². The minimum absolute atomic E-state index is 0.0315. The van der Waals surface area contributed by atoms with Gasteiger partial charge in [-0.3, -0.25) is 0 Å². The Morgan fingerprint density at radius 3 is 2.23 bits per heavy atom. The lowest BCUT2D eigenvalue weighted by Gasteiger charge is -2.20. The number of benzene rings is 2. The van der Waals surface area contributed by atoms with Gasteiger partial charge in [0.05, 0.1) is 15.5 Å². The van der Waals surface area contributed by atoms with Crippen LogP contribution in [0.15, 0.2) is 47.4 Å². The highest BCUT2D eigenvalue weighted by Gasteiger charge is 2.44. The number of hydrogen-bond donors (Lipinski definition) is 1. The molecule has 0 saturated heterocycles. The van der Waals surface area contributed by atoms with Crippen molar-refractivity contribution in [2.75, 3.05) is 6.26 Å². The molecule has 136 valence electrons. The molecule has 0 spiro atoms. The van der Waals surface area contributed by atoms with Crippen molar-refractivity contribution in [3.63, 3.8) is 0 Å². The van der Waals surface area contributed by atoms with E-state index < -0.39 is 27.4 Å².